The highest BCUT2D eigenvalue weighted by molar-refractivity contribution is 9.08. The Morgan fingerprint density at radius 3 is 2.50 bits per heavy atom. The lowest BCUT2D eigenvalue weighted by Gasteiger charge is -2.13. The minimum Gasteiger partial charge on any atom is -0.448 e. The lowest BCUT2D eigenvalue weighted by atomic mass is 10.1. The third-order valence-electron chi connectivity index (χ3n) is 2.84. The van der Waals surface area contributed by atoms with Crippen LogP contribution in [-0.2, 0) is 10.1 Å². The lowest BCUT2D eigenvalue weighted by Crippen LogP contribution is -2.15. The molecule has 2 rings (SSSR count). The van der Waals surface area contributed by atoms with Crippen LogP contribution < -0.4 is 4.74 Å². The molecule has 0 spiro atoms. The van der Waals surface area contributed by atoms with Crippen LogP contribution in [0.5, 0.6) is 5.88 Å². The molecule has 0 fully saturated rings. The molecule has 0 bridgehead atoms. The van der Waals surface area contributed by atoms with Gasteiger partial charge in [0.25, 0.3) is 0 Å². The summed E-state index contributed by atoms with van der Waals surface area (Å²) in [5.74, 6) is 1.19. The van der Waals surface area contributed by atoms with Gasteiger partial charge in [-0.05, 0) is 19.4 Å². The predicted molar refractivity (Wildman–Crippen MR) is 81.9 cm³/mol. The van der Waals surface area contributed by atoms with E-state index in [1.54, 1.807) is 7.11 Å². The van der Waals surface area contributed by atoms with Crippen molar-refractivity contribution in [1.82, 2.24) is 9.97 Å². The van der Waals surface area contributed by atoms with Crippen molar-refractivity contribution in [3.05, 3.63) is 41.7 Å². The second-order valence-corrected chi connectivity index (χ2v) is 4.95. The molecule has 1 unspecified atom stereocenters. The maximum atomic E-state index is 5.57. The fraction of sp³-hybridized carbons (Fsp3) is 0.333. The standard InChI is InChI=1S/C15H17BrN2O2/c1-10-17-14(8-15(18-10)20-11(2)19-3)13-6-4-12(9-16)5-7-13/h4-8,11H,9H2,1-3H3. The highest BCUT2D eigenvalue weighted by Gasteiger charge is 2.08. The summed E-state index contributed by atoms with van der Waals surface area (Å²) in [6, 6.07) is 10.1. The topological polar surface area (TPSA) is 44.2 Å². The molecule has 1 aromatic heterocycles. The van der Waals surface area contributed by atoms with Crippen LogP contribution in [0.15, 0.2) is 30.3 Å². The van der Waals surface area contributed by atoms with Crippen LogP contribution in [-0.4, -0.2) is 23.4 Å². The van der Waals surface area contributed by atoms with Gasteiger partial charge >= 0.3 is 0 Å². The van der Waals surface area contributed by atoms with E-state index in [-0.39, 0.29) is 6.29 Å². The maximum absolute atomic E-state index is 5.57. The fourth-order valence-corrected chi connectivity index (χ4v) is 2.11. The Morgan fingerprint density at radius 2 is 1.90 bits per heavy atom. The second kappa shape index (κ2) is 6.81. The molecule has 0 aliphatic heterocycles. The van der Waals surface area contributed by atoms with Crippen LogP contribution in [0.1, 0.15) is 18.3 Å². The van der Waals surface area contributed by atoms with Crippen molar-refractivity contribution in [3.63, 3.8) is 0 Å². The molecule has 0 aliphatic carbocycles. The number of alkyl halides is 1. The Morgan fingerprint density at radius 1 is 1.20 bits per heavy atom. The van der Waals surface area contributed by atoms with Gasteiger partial charge in [-0.2, -0.15) is 4.98 Å². The normalized spacial score (nSPS) is 12.2. The van der Waals surface area contributed by atoms with Crippen LogP contribution >= 0.6 is 15.9 Å². The summed E-state index contributed by atoms with van der Waals surface area (Å²) in [5.41, 5.74) is 3.11. The molecular formula is C15H17BrN2O2. The summed E-state index contributed by atoms with van der Waals surface area (Å²) in [5, 5.41) is 0.843. The number of aromatic nitrogens is 2. The van der Waals surface area contributed by atoms with Gasteiger partial charge in [0.2, 0.25) is 5.88 Å². The Labute approximate surface area is 127 Å². The van der Waals surface area contributed by atoms with Crippen LogP contribution in [0, 0.1) is 6.92 Å². The lowest BCUT2D eigenvalue weighted by molar-refractivity contribution is -0.0410. The molecule has 0 aliphatic rings. The van der Waals surface area contributed by atoms with Gasteiger partial charge in [-0.15, -0.1) is 0 Å². The fourth-order valence-electron chi connectivity index (χ4n) is 1.73. The molecule has 1 aromatic carbocycles. The monoisotopic (exact) mass is 336 g/mol. The summed E-state index contributed by atoms with van der Waals surface area (Å²) < 4.78 is 10.7. The average molecular weight is 337 g/mol. The van der Waals surface area contributed by atoms with Gasteiger partial charge in [-0.25, -0.2) is 4.98 Å². The zero-order valence-electron chi connectivity index (χ0n) is 11.8. The van der Waals surface area contributed by atoms with E-state index in [1.165, 1.54) is 5.56 Å². The molecule has 0 saturated carbocycles. The molecule has 0 amide bonds. The van der Waals surface area contributed by atoms with Crippen molar-refractivity contribution in [2.24, 2.45) is 0 Å². The summed E-state index contributed by atoms with van der Waals surface area (Å²) in [7, 11) is 1.60. The van der Waals surface area contributed by atoms with Gasteiger partial charge in [0, 0.05) is 24.1 Å². The first kappa shape index (κ1) is 14.9. The van der Waals surface area contributed by atoms with Gasteiger partial charge in [-0.1, -0.05) is 40.2 Å². The number of hydrogen-bond donors (Lipinski definition) is 0. The van der Waals surface area contributed by atoms with Gasteiger partial charge < -0.3 is 9.47 Å². The minimum atomic E-state index is -0.340. The first-order valence-electron chi connectivity index (χ1n) is 6.33. The Balaban J connectivity index is 2.30. The van der Waals surface area contributed by atoms with Crippen molar-refractivity contribution >= 4 is 15.9 Å². The van der Waals surface area contributed by atoms with Crippen molar-refractivity contribution in [2.45, 2.75) is 25.5 Å². The number of ether oxygens (including phenoxy) is 2. The van der Waals surface area contributed by atoms with Crippen LogP contribution in [0.3, 0.4) is 0 Å². The SMILES string of the molecule is COC(C)Oc1cc(-c2ccc(CBr)cc2)nc(C)n1. The number of halogens is 1. The van der Waals surface area contributed by atoms with E-state index >= 15 is 0 Å². The number of aryl methyl sites for hydroxylation is 1. The molecule has 0 radical (unpaired) electrons. The molecule has 1 heterocycles. The summed E-state index contributed by atoms with van der Waals surface area (Å²) in [6.07, 6.45) is -0.340. The first-order valence-corrected chi connectivity index (χ1v) is 7.45. The highest BCUT2D eigenvalue weighted by Crippen LogP contribution is 2.22. The van der Waals surface area contributed by atoms with Crippen molar-refractivity contribution in [2.75, 3.05) is 7.11 Å². The van der Waals surface area contributed by atoms with E-state index in [2.05, 4.69) is 38.0 Å². The van der Waals surface area contributed by atoms with Crippen molar-refractivity contribution in [3.8, 4) is 17.1 Å². The minimum absolute atomic E-state index is 0.340. The van der Waals surface area contributed by atoms with Gasteiger partial charge in [0.1, 0.15) is 5.82 Å². The number of nitrogens with zero attached hydrogens (tertiary/aromatic N) is 2. The Hall–Kier alpha value is -1.46. The van der Waals surface area contributed by atoms with E-state index in [0.29, 0.717) is 11.7 Å². The summed E-state index contributed by atoms with van der Waals surface area (Å²) in [6.45, 7) is 3.67. The van der Waals surface area contributed by atoms with Crippen LogP contribution in [0.2, 0.25) is 0 Å². The van der Waals surface area contributed by atoms with E-state index in [0.717, 1.165) is 16.6 Å². The number of hydrogen-bond acceptors (Lipinski definition) is 4. The zero-order chi connectivity index (χ0) is 14.5. The zero-order valence-corrected chi connectivity index (χ0v) is 13.3. The van der Waals surface area contributed by atoms with E-state index < -0.39 is 0 Å². The molecule has 4 nitrogen and oxygen atoms in total. The quantitative estimate of drug-likeness (QED) is 0.616. The molecule has 5 heteroatoms. The van der Waals surface area contributed by atoms with Crippen LogP contribution in [0.4, 0.5) is 0 Å². The maximum Gasteiger partial charge on any atom is 0.219 e. The van der Waals surface area contributed by atoms with E-state index in [4.69, 9.17) is 9.47 Å². The van der Waals surface area contributed by atoms with Gasteiger partial charge in [0.15, 0.2) is 6.29 Å². The van der Waals surface area contributed by atoms with Gasteiger partial charge in [0.05, 0.1) is 5.69 Å². The Kier molecular flexibility index (Phi) is 5.09. The smallest absolute Gasteiger partial charge is 0.219 e. The molecule has 0 N–H and O–H groups in total. The average Bonchev–Trinajstić information content (AvgIpc) is 2.46. The molecular weight excluding hydrogens is 320 g/mol. The number of benzene rings is 1. The second-order valence-electron chi connectivity index (χ2n) is 4.39. The van der Waals surface area contributed by atoms with Gasteiger partial charge in [-0.3, -0.25) is 0 Å². The molecule has 1 atom stereocenters. The highest BCUT2D eigenvalue weighted by atomic mass is 79.9. The first-order chi connectivity index (χ1) is 9.62. The van der Waals surface area contributed by atoms with E-state index in [9.17, 15) is 0 Å². The summed E-state index contributed by atoms with van der Waals surface area (Å²) >= 11 is 3.44. The number of rotatable bonds is 5. The van der Waals surface area contributed by atoms with Crippen LogP contribution in [0.25, 0.3) is 11.3 Å². The molecule has 0 saturated heterocycles. The molecule has 2 aromatic rings. The summed E-state index contributed by atoms with van der Waals surface area (Å²) in [4.78, 5) is 8.71. The predicted octanol–water partition coefficient (Wildman–Crippen LogP) is 3.72. The molecule has 20 heavy (non-hydrogen) atoms. The van der Waals surface area contributed by atoms with E-state index in [1.807, 2.05) is 32.0 Å². The largest absolute Gasteiger partial charge is 0.448 e. The molecule has 106 valence electrons. The third-order valence-corrected chi connectivity index (χ3v) is 3.48. The third kappa shape index (κ3) is 3.77. The van der Waals surface area contributed by atoms with Crippen molar-refractivity contribution < 1.29 is 9.47 Å². The Bertz CT molecular complexity index is 573. The number of methoxy groups -OCH3 is 1. The van der Waals surface area contributed by atoms with Crippen molar-refractivity contribution in [1.29, 1.82) is 0 Å².